The Hall–Kier alpha value is -0.120. The summed E-state index contributed by atoms with van der Waals surface area (Å²) in [4.78, 5) is 0. The molecule has 0 aromatic heterocycles. The third-order valence-electron chi connectivity index (χ3n) is 2.16. The molecule has 3 nitrogen and oxygen atoms in total. The molecule has 3 heteroatoms. The fraction of sp³-hybridized carbons (Fsp3) is 1.00. The van der Waals surface area contributed by atoms with E-state index in [-0.39, 0.29) is 6.04 Å². The van der Waals surface area contributed by atoms with Crippen LogP contribution in [0.3, 0.4) is 0 Å². The molecule has 1 fully saturated rings. The zero-order valence-electron chi connectivity index (χ0n) is 7.08. The van der Waals surface area contributed by atoms with Crippen molar-refractivity contribution >= 4 is 0 Å². The van der Waals surface area contributed by atoms with Crippen molar-refractivity contribution in [2.75, 3.05) is 26.9 Å². The smallest absolute Gasteiger partial charge is 0.0617 e. The van der Waals surface area contributed by atoms with Gasteiger partial charge in [0.05, 0.1) is 13.2 Å². The van der Waals surface area contributed by atoms with Gasteiger partial charge < -0.3 is 15.2 Å². The minimum absolute atomic E-state index is 0.153. The van der Waals surface area contributed by atoms with E-state index in [2.05, 4.69) is 0 Å². The van der Waals surface area contributed by atoms with Crippen molar-refractivity contribution in [1.29, 1.82) is 0 Å². The van der Waals surface area contributed by atoms with Gasteiger partial charge in [-0.25, -0.2) is 0 Å². The van der Waals surface area contributed by atoms with E-state index in [0.717, 1.165) is 19.6 Å². The first-order valence-corrected chi connectivity index (χ1v) is 4.17. The molecule has 0 unspecified atom stereocenters. The van der Waals surface area contributed by atoms with Crippen molar-refractivity contribution in [1.82, 2.24) is 0 Å². The molecule has 0 aromatic carbocycles. The number of hydrogen-bond donors (Lipinski definition) is 1. The average Bonchev–Trinajstić information content (AvgIpc) is 2.07. The summed E-state index contributed by atoms with van der Waals surface area (Å²) in [6, 6.07) is 0.153. The van der Waals surface area contributed by atoms with Crippen LogP contribution >= 0.6 is 0 Å². The van der Waals surface area contributed by atoms with Gasteiger partial charge in [-0.05, 0) is 18.8 Å². The number of nitrogens with two attached hydrogens (primary N) is 1. The van der Waals surface area contributed by atoms with Crippen LogP contribution in [0.5, 0.6) is 0 Å². The molecule has 11 heavy (non-hydrogen) atoms. The first-order valence-electron chi connectivity index (χ1n) is 4.17. The predicted octanol–water partition coefficient (Wildman–Crippen LogP) is 0.387. The van der Waals surface area contributed by atoms with Crippen LogP contribution in [0.1, 0.15) is 12.8 Å². The molecule has 0 aliphatic carbocycles. The summed E-state index contributed by atoms with van der Waals surface area (Å²) in [6.45, 7) is 2.36. The van der Waals surface area contributed by atoms with Gasteiger partial charge in [0.1, 0.15) is 0 Å². The third kappa shape index (κ3) is 2.77. The topological polar surface area (TPSA) is 44.5 Å². The van der Waals surface area contributed by atoms with E-state index in [9.17, 15) is 0 Å². The maximum Gasteiger partial charge on any atom is 0.0617 e. The Morgan fingerprint density at radius 3 is 3.09 bits per heavy atom. The molecule has 1 aliphatic heterocycles. The van der Waals surface area contributed by atoms with Crippen molar-refractivity contribution < 1.29 is 9.47 Å². The number of rotatable bonds is 3. The van der Waals surface area contributed by atoms with Crippen LogP contribution in [0.2, 0.25) is 0 Å². The highest BCUT2D eigenvalue weighted by molar-refractivity contribution is 4.74. The lowest BCUT2D eigenvalue weighted by atomic mass is 9.95. The van der Waals surface area contributed by atoms with Gasteiger partial charge in [-0.15, -0.1) is 0 Å². The molecule has 0 bridgehead atoms. The predicted molar refractivity (Wildman–Crippen MR) is 43.4 cm³/mol. The van der Waals surface area contributed by atoms with Crippen LogP contribution in [0, 0.1) is 5.92 Å². The van der Waals surface area contributed by atoms with Gasteiger partial charge in [0, 0.05) is 19.8 Å². The molecule has 2 N–H and O–H groups in total. The fourth-order valence-electron chi connectivity index (χ4n) is 1.43. The Bertz CT molecular complexity index is 102. The average molecular weight is 159 g/mol. The number of methoxy groups -OCH3 is 1. The van der Waals surface area contributed by atoms with Crippen LogP contribution in [-0.2, 0) is 9.47 Å². The minimum Gasteiger partial charge on any atom is -0.383 e. The second-order valence-electron chi connectivity index (χ2n) is 3.10. The van der Waals surface area contributed by atoms with Gasteiger partial charge in [-0.1, -0.05) is 0 Å². The summed E-state index contributed by atoms with van der Waals surface area (Å²) < 4.78 is 10.3. The number of ether oxygens (including phenoxy) is 2. The van der Waals surface area contributed by atoms with E-state index < -0.39 is 0 Å². The van der Waals surface area contributed by atoms with Crippen molar-refractivity contribution in [2.45, 2.75) is 18.9 Å². The molecule has 0 spiro atoms. The summed E-state index contributed by atoms with van der Waals surface area (Å²) in [6.07, 6.45) is 2.33. The highest BCUT2D eigenvalue weighted by Gasteiger charge is 2.20. The Kier molecular flexibility index (Phi) is 3.83. The van der Waals surface area contributed by atoms with E-state index in [1.54, 1.807) is 7.11 Å². The minimum atomic E-state index is 0.153. The molecular formula is C8H17NO2. The first kappa shape index (κ1) is 8.97. The van der Waals surface area contributed by atoms with Crippen molar-refractivity contribution in [3.8, 4) is 0 Å². The third-order valence-corrected chi connectivity index (χ3v) is 2.16. The van der Waals surface area contributed by atoms with E-state index in [4.69, 9.17) is 15.2 Å². The molecule has 1 rings (SSSR count). The lowest BCUT2D eigenvalue weighted by Crippen LogP contribution is -2.38. The molecule has 0 saturated carbocycles. The maximum absolute atomic E-state index is 5.85. The summed E-state index contributed by atoms with van der Waals surface area (Å²) in [7, 11) is 1.68. The summed E-state index contributed by atoms with van der Waals surface area (Å²) >= 11 is 0. The van der Waals surface area contributed by atoms with Crippen molar-refractivity contribution in [3.63, 3.8) is 0 Å². The molecule has 66 valence electrons. The standard InChI is InChI=1S/C8H17NO2/c1-10-6-8(9)7-3-2-4-11-5-7/h7-8H,2-6,9H2,1H3/t7-,8-/m1/s1. The molecule has 1 heterocycles. The highest BCUT2D eigenvalue weighted by Crippen LogP contribution is 2.15. The Morgan fingerprint density at radius 1 is 1.73 bits per heavy atom. The van der Waals surface area contributed by atoms with Gasteiger partial charge in [-0.2, -0.15) is 0 Å². The fourth-order valence-corrected chi connectivity index (χ4v) is 1.43. The van der Waals surface area contributed by atoms with Gasteiger partial charge in [-0.3, -0.25) is 0 Å². The van der Waals surface area contributed by atoms with Gasteiger partial charge in [0.25, 0.3) is 0 Å². The van der Waals surface area contributed by atoms with E-state index in [1.807, 2.05) is 0 Å². The Balaban J connectivity index is 2.21. The Morgan fingerprint density at radius 2 is 2.55 bits per heavy atom. The van der Waals surface area contributed by atoms with Crippen LogP contribution < -0.4 is 5.73 Å². The van der Waals surface area contributed by atoms with Crippen LogP contribution in [0.15, 0.2) is 0 Å². The zero-order chi connectivity index (χ0) is 8.10. The molecule has 1 saturated heterocycles. The van der Waals surface area contributed by atoms with Crippen LogP contribution in [0.25, 0.3) is 0 Å². The maximum atomic E-state index is 5.85. The largest absolute Gasteiger partial charge is 0.383 e. The molecule has 0 radical (unpaired) electrons. The van der Waals surface area contributed by atoms with E-state index >= 15 is 0 Å². The molecule has 1 aliphatic rings. The van der Waals surface area contributed by atoms with Crippen LogP contribution in [-0.4, -0.2) is 33.0 Å². The molecule has 0 amide bonds. The monoisotopic (exact) mass is 159 g/mol. The number of hydrogen-bond acceptors (Lipinski definition) is 3. The highest BCUT2D eigenvalue weighted by atomic mass is 16.5. The molecule has 2 atom stereocenters. The summed E-state index contributed by atoms with van der Waals surface area (Å²) in [5, 5.41) is 0. The summed E-state index contributed by atoms with van der Waals surface area (Å²) in [5.74, 6) is 0.503. The van der Waals surface area contributed by atoms with E-state index in [0.29, 0.717) is 12.5 Å². The molecular weight excluding hydrogens is 142 g/mol. The van der Waals surface area contributed by atoms with Crippen molar-refractivity contribution in [2.24, 2.45) is 11.7 Å². The van der Waals surface area contributed by atoms with E-state index in [1.165, 1.54) is 6.42 Å². The first-order chi connectivity index (χ1) is 5.34. The lowest BCUT2D eigenvalue weighted by molar-refractivity contribution is 0.0305. The van der Waals surface area contributed by atoms with Gasteiger partial charge in [0.15, 0.2) is 0 Å². The zero-order valence-corrected chi connectivity index (χ0v) is 7.08. The lowest BCUT2D eigenvalue weighted by Gasteiger charge is -2.26. The second kappa shape index (κ2) is 4.70. The SMILES string of the molecule is COC[C@@H](N)[C@@H]1CCCOC1. The van der Waals surface area contributed by atoms with Gasteiger partial charge >= 0.3 is 0 Å². The molecule has 0 aromatic rings. The Labute approximate surface area is 67.9 Å². The normalized spacial score (nSPS) is 28.4. The van der Waals surface area contributed by atoms with Crippen LogP contribution in [0.4, 0.5) is 0 Å². The van der Waals surface area contributed by atoms with Gasteiger partial charge in [0.2, 0.25) is 0 Å². The quantitative estimate of drug-likeness (QED) is 0.647. The van der Waals surface area contributed by atoms with Crippen molar-refractivity contribution in [3.05, 3.63) is 0 Å². The summed E-state index contributed by atoms with van der Waals surface area (Å²) in [5.41, 5.74) is 5.85. The second-order valence-corrected chi connectivity index (χ2v) is 3.10.